The third-order valence-electron chi connectivity index (χ3n) is 4.15. The number of nitrogens with one attached hydrogen (secondary N) is 1. The van der Waals surface area contributed by atoms with Gasteiger partial charge in [0.1, 0.15) is 0 Å². The first-order valence-electron chi connectivity index (χ1n) is 7.76. The van der Waals surface area contributed by atoms with E-state index in [2.05, 4.69) is 22.2 Å². The number of anilines is 3. The average molecular weight is 311 g/mol. The number of likely N-dealkylation sites (N-methyl/N-ethyl adjacent to an activating group) is 1. The van der Waals surface area contributed by atoms with Crippen LogP contribution in [0.3, 0.4) is 0 Å². The lowest BCUT2D eigenvalue weighted by molar-refractivity contribution is 0.0698. The Labute approximate surface area is 136 Å². The van der Waals surface area contributed by atoms with E-state index in [4.69, 9.17) is 0 Å². The van der Waals surface area contributed by atoms with E-state index < -0.39 is 5.97 Å². The fourth-order valence-corrected chi connectivity index (χ4v) is 2.76. The van der Waals surface area contributed by atoms with Crippen LogP contribution in [0.4, 0.5) is 17.1 Å². The van der Waals surface area contributed by atoms with E-state index in [-0.39, 0.29) is 5.56 Å². The first kappa shape index (κ1) is 15.4. The van der Waals surface area contributed by atoms with E-state index in [0.29, 0.717) is 5.69 Å². The molecular weight excluding hydrogens is 290 g/mol. The highest BCUT2D eigenvalue weighted by molar-refractivity contribution is 5.96. The monoisotopic (exact) mass is 311 g/mol. The SMILES string of the molecule is CN1CCN(c2ccc(C(=O)O)c(Nc3ccccc3)c2)CC1. The topological polar surface area (TPSA) is 55.8 Å². The molecule has 0 aromatic heterocycles. The first-order chi connectivity index (χ1) is 11.1. The fourth-order valence-electron chi connectivity index (χ4n) is 2.76. The molecular formula is C18H21N3O2. The minimum Gasteiger partial charge on any atom is -0.478 e. The zero-order chi connectivity index (χ0) is 16.2. The lowest BCUT2D eigenvalue weighted by atomic mass is 10.1. The van der Waals surface area contributed by atoms with Crippen LogP contribution in [0.25, 0.3) is 0 Å². The minimum absolute atomic E-state index is 0.284. The van der Waals surface area contributed by atoms with Crippen molar-refractivity contribution in [1.82, 2.24) is 4.90 Å². The smallest absolute Gasteiger partial charge is 0.337 e. The Morgan fingerprint density at radius 3 is 2.39 bits per heavy atom. The van der Waals surface area contributed by atoms with Crippen LogP contribution in [0.15, 0.2) is 48.5 Å². The van der Waals surface area contributed by atoms with E-state index in [1.807, 2.05) is 42.5 Å². The second-order valence-corrected chi connectivity index (χ2v) is 5.82. The van der Waals surface area contributed by atoms with Crippen LogP contribution in [0.1, 0.15) is 10.4 Å². The largest absolute Gasteiger partial charge is 0.478 e. The van der Waals surface area contributed by atoms with Crippen molar-refractivity contribution >= 4 is 23.0 Å². The normalized spacial score (nSPS) is 15.4. The number of nitrogens with zero attached hydrogens (tertiary/aromatic N) is 2. The molecule has 0 amide bonds. The van der Waals surface area contributed by atoms with Gasteiger partial charge in [-0.2, -0.15) is 0 Å². The van der Waals surface area contributed by atoms with Gasteiger partial charge >= 0.3 is 5.97 Å². The summed E-state index contributed by atoms with van der Waals surface area (Å²) < 4.78 is 0. The highest BCUT2D eigenvalue weighted by Gasteiger charge is 2.17. The average Bonchev–Trinajstić information content (AvgIpc) is 2.56. The second-order valence-electron chi connectivity index (χ2n) is 5.82. The number of rotatable bonds is 4. The third-order valence-corrected chi connectivity index (χ3v) is 4.15. The minimum atomic E-state index is -0.923. The Balaban J connectivity index is 1.89. The number of para-hydroxylation sites is 1. The highest BCUT2D eigenvalue weighted by atomic mass is 16.4. The molecule has 1 fully saturated rings. The molecule has 3 rings (SSSR count). The third kappa shape index (κ3) is 3.63. The van der Waals surface area contributed by atoms with Crippen molar-refractivity contribution in [3.05, 3.63) is 54.1 Å². The van der Waals surface area contributed by atoms with Gasteiger partial charge in [-0.05, 0) is 37.4 Å². The molecule has 2 aromatic carbocycles. The number of carboxylic acid groups (broad SMARTS) is 1. The van der Waals surface area contributed by atoms with Crippen molar-refractivity contribution < 1.29 is 9.90 Å². The fraction of sp³-hybridized carbons (Fsp3) is 0.278. The number of piperazine rings is 1. The first-order valence-corrected chi connectivity index (χ1v) is 7.76. The zero-order valence-corrected chi connectivity index (χ0v) is 13.2. The summed E-state index contributed by atoms with van der Waals surface area (Å²) in [6.07, 6.45) is 0. The van der Waals surface area contributed by atoms with Gasteiger partial charge in [-0.1, -0.05) is 18.2 Å². The van der Waals surface area contributed by atoms with Gasteiger partial charge in [-0.3, -0.25) is 0 Å². The predicted octanol–water partition coefficient (Wildman–Crippen LogP) is 2.88. The molecule has 2 N–H and O–H groups in total. The Morgan fingerprint density at radius 2 is 1.74 bits per heavy atom. The zero-order valence-electron chi connectivity index (χ0n) is 13.2. The standard InChI is InChI=1S/C18H21N3O2/c1-20-9-11-21(12-10-20)15-7-8-16(18(22)23)17(13-15)19-14-5-3-2-4-6-14/h2-8,13,19H,9-12H2,1H3,(H,22,23). The van der Waals surface area contributed by atoms with Gasteiger partial charge in [0.15, 0.2) is 0 Å². The summed E-state index contributed by atoms with van der Waals surface area (Å²) in [6.45, 7) is 3.94. The Kier molecular flexibility index (Phi) is 4.48. The summed E-state index contributed by atoms with van der Waals surface area (Å²) in [5, 5.41) is 12.6. The molecule has 0 saturated carbocycles. The lowest BCUT2D eigenvalue weighted by Crippen LogP contribution is -2.44. The Morgan fingerprint density at radius 1 is 1.04 bits per heavy atom. The second kappa shape index (κ2) is 6.71. The maximum Gasteiger partial charge on any atom is 0.337 e. The van der Waals surface area contributed by atoms with Crippen LogP contribution >= 0.6 is 0 Å². The molecule has 5 nitrogen and oxygen atoms in total. The van der Waals surface area contributed by atoms with Crippen LogP contribution < -0.4 is 10.2 Å². The van der Waals surface area contributed by atoms with Crippen LogP contribution in [-0.4, -0.2) is 49.2 Å². The van der Waals surface area contributed by atoms with Gasteiger partial charge in [0.2, 0.25) is 0 Å². The predicted molar refractivity (Wildman–Crippen MR) is 92.8 cm³/mol. The molecule has 1 heterocycles. The molecule has 0 aliphatic carbocycles. The van der Waals surface area contributed by atoms with Gasteiger partial charge in [0, 0.05) is 37.6 Å². The Hall–Kier alpha value is -2.53. The molecule has 0 atom stereocenters. The van der Waals surface area contributed by atoms with E-state index in [0.717, 1.165) is 37.6 Å². The quantitative estimate of drug-likeness (QED) is 0.909. The van der Waals surface area contributed by atoms with E-state index in [1.165, 1.54) is 0 Å². The van der Waals surface area contributed by atoms with Crippen LogP contribution in [0.2, 0.25) is 0 Å². The molecule has 1 saturated heterocycles. The number of aromatic carboxylic acids is 1. The van der Waals surface area contributed by atoms with Crippen molar-refractivity contribution in [2.24, 2.45) is 0 Å². The van der Waals surface area contributed by atoms with Crippen LogP contribution in [-0.2, 0) is 0 Å². The number of hydrogen-bond donors (Lipinski definition) is 2. The van der Waals surface area contributed by atoms with Gasteiger partial charge in [-0.25, -0.2) is 4.79 Å². The van der Waals surface area contributed by atoms with Crippen molar-refractivity contribution in [2.75, 3.05) is 43.4 Å². The Bertz CT molecular complexity index is 680. The molecule has 2 aromatic rings. The number of benzene rings is 2. The number of carboxylic acids is 1. The van der Waals surface area contributed by atoms with Gasteiger partial charge in [0.25, 0.3) is 0 Å². The maximum atomic E-state index is 11.5. The van der Waals surface area contributed by atoms with E-state index >= 15 is 0 Å². The van der Waals surface area contributed by atoms with Crippen LogP contribution in [0.5, 0.6) is 0 Å². The van der Waals surface area contributed by atoms with Gasteiger partial charge in [-0.15, -0.1) is 0 Å². The highest BCUT2D eigenvalue weighted by Crippen LogP contribution is 2.27. The molecule has 0 bridgehead atoms. The molecule has 23 heavy (non-hydrogen) atoms. The van der Waals surface area contributed by atoms with Crippen molar-refractivity contribution in [2.45, 2.75) is 0 Å². The molecule has 1 aliphatic heterocycles. The summed E-state index contributed by atoms with van der Waals surface area (Å²) in [7, 11) is 2.12. The van der Waals surface area contributed by atoms with Crippen molar-refractivity contribution in [3.8, 4) is 0 Å². The molecule has 0 spiro atoms. The summed E-state index contributed by atoms with van der Waals surface area (Å²) in [4.78, 5) is 16.1. The van der Waals surface area contributed by atoms with E-state index in [9.17, 15) is 9.90 Å². The van der Waals surface area contributed by atoms with Crippen molar-refractivity contribution in [1.29, 1.82) is 0 Å². The van der Waals surface area contributed by atoms with Crippen molar-refractivity contribution in [3.63, 3.8) is 0 Å². The summed E-state index contributed by atoms with van der Waals surface area (Å²) in [6, 6.07) is 15.1. The maximum absolute atomic E-state index is 11.5. The van der Waals surface area contributed by atoms with Crippen LogP contribution in [0, 0.1) is 0 Å². The lowest BCUT2D eigenvalue weighted by Gasteiger charge is -2.34. The molecule has 5 heteroatoms. The molecule has 0 unspecified atom stereocenters. The summed E-state index contributed by atoms with van der Waals surface area (Å²) in [5.41, 5.74) is 2.85. The molecule has 0 radical (unpaired) electrons. The summed E-state index contributed by atoms with van der Waals surface area (Å²) >= 11 is 0. The van der Waals surface area contributed by atoms with Gasteiger partial charge < -0.3 is 20.2 Å². The number of hydrogen-bond acceptors (Lipinski definition) is 4. The summed E-state index contributed by atoms with van der Waals surface area (Å²) in [5.74, 6) is -0.923. The molecule has 120 valence electrons. The van der Waals surface area contributed by atoms with Gasteiger partial charge in [0.05, 0.1) is 11.3 Å². The van der Waals surface area contributed by atoms with E-state index in [1.54, 1.807) is 6.07 Å². The number of carbonyl (C=O) groups is 1. The molecule has 1 aliphatic rings.